The maximum atomic E-state index is 10.0. The third-order valence-corrected chi connectivity index (χ3v) is 5.52. The lowest BCUT2D eigenvalue weighted by molar-refractivity contribution is 0.0305. The summed E-state index contributed by atoms with van der Waals surface area (Å²) in [4.78, 5) is 9.36. The van der Waals surface area contributed by atoms with E-state index in [1.165, 1.54) is 0 Å². The summed E-state index contributed by atoms with van der Waals surface area (Å²) in [7, 11) is 0. The Labute approximate surface area is 164 Å². The first kappa shape index (κ1) is 19.1. The molecule has 0 spiro atoms. The summed E-state index contributed by atoms with van der Waals surface area (Å²) in [5.41, 5.74) is 2.21. The van der Waals surface area contributed by atoms with Crippen molar-refractivity contribution in [3.05, 3.63) is 71.0 Å². The molecule has 0 bridgehead atoms. The molecule has 1 aromatic heterocycles. The zero-order valence-electron chi connectivity index (χ0n) is 15.3. The molecule has 1 fully saturated rings. The van der Waals surface area contributed by atoms with E-state index in [9.17, 15) is 5.11 Å². The molecule has 4 nitrogen and oxygen atoms in total. The highest BCUT2D eigenvalue weighted by Crippen LogP contribution is 2.34. The van der Waals surface area contributed by atoms with Gasteiger partial charge in [0.2, 0.25) is 0 Å². The van der Waals surface area contributed by atoms with Crippen LogP contribution in [0.3, 0.4) is 0 Å². The minimum absolute atomic E-state index is 0.0513. The van der Waals surface area contributed by atoms with Crippen LogP contribution in [0.15, 0.2) is 59.9 Å². The van der Waals surface area contributed by atoms with Gasteiger partial charge in [0, 0.05) is 48.6 Å². The molecule has 2 heterocycles. The lowest BCUT2D eigenvalue weighted by Crippen LogP contribution is -2.57. The van der Waals surface area contributed by atoms with Gasteiger partial charge in [-0.25, -0.2) is 0 Å². The maximum absolute atomic E-state index is 10.0. The molecule has 138 valence electrons. The zero-order chi connectivity index (χ0) is 18.7. The first-order valence-corrected chi connectivity index (χ1v) is 9.79. The van der Waals surface area contributed by atoms with Gasteiger partial charge in [0.1, 0.15) is 5.75 Å². The summed E-state index contributed by atoms with van der Waals surface area (Å²) in [5.74, 6) is 0.293. The van der Waals surface area contributed by atoms with E-state index < -0.39 is 0 Å². The smallest absolute Gasteiger partial charge is 0.115 e. The number of benzene rings is 1. The van der Waals surface area contributed by atoms with Crippen LogP contribution >= 0.6 is 15.9 Å². The van der Waals surface area contributed by atoms with Crippen LogP contribution in [0.2, 0.25) is 0 Å². The van der Waals surface area contributed by atoms with Crippen molar-refractivity contribution in [1.82, 2.24) is 14.8 Å². The lowest BCUT2D eigenvalue weighted by Gasteiger charge is -2.47. The number of piperazine rings is 1. The van der Waals surface area contributed by atoms with Gasteiger partial charge in [-0.3, -0.25) is 14.8 Å². The summed E-state index contributed by atoms with van der Waals surface area (Å²) in [6.45, 7) is 11.3. The van der Waals surface area contributed by atoms with Crippen LogP contribution in [0.5, 0.6) is 5.75 Å². The molecule has 0 amide bonds. The minimum Gasteiger partial charge on any atom is -0.508 e. The molecule has 26 heavy (non-hydrogen) atoms. The predicted molar refractivity (Wildman–Crippen MR) is 109 cm³/mol. The molecule has 3 atom stereocenters. The number of halogens is 1. The van der Waals surface area contributed by atoms with Crippen molar-refractivity contribution >= 4 is 15.9 Å². The molecule has 0 saturated carbocycles. The molecular formula is C21H26BrN3O. The van der Waals surface area contributed by atoms with Crippen LogP contribution in [0.4, 0.5) is 0 Å². The molecule has 3 unspecified atom stereocenters. The molecule has 1 aromatic carbocycles. The van der Waals surface area contributed by atoms with Gasteiger partial charge >= 0.3 is 0 Å². The largest absolute Gasteiger partial charge is 0.508 e. The number of hydrogen-bond acceptors (Lipinski definition) is 4. The summed E-state index contributed by atoms with van der Waals surface area (Å²) < 4.78 is 0.964. The number of hydrogen-bond donors (Lipinski definition) is 1. The van der Waals surface area contributed by atoms with Gasteiger partial charge in [0.05, 0.1) is 6.04 Å². The quantitative estimate of drug-likeness (QED) is 0.741. The van der Waals surface area contributed by atoms with Crippen LogP contribution in [0.1, 0.15) is 31.0 Å². The second kappa shape index (κ2) is 8.33. The van der Waals surface area contributed by atoms with Gasteiger partial charge in [-0.05, 0) is 59.1 Å². The van der Waals surface area contributed by atoms with Crippen molar-refractivity contribution in [3.63, 3.8) is 0 Å². The Morgan fingerprint density at radius 2 is 2.04 bits per heavy atom. The first-order chi connectivity index (χ1) is 12.5. The predicted octanol–water partition coefficient (Wildman–Crippen LogP) is 4.22. The molecule has 1 aliphatic rings. The van der Waals surface area contributed by atoms with E-state index in [1.54, 1.807) is 12.3 Å². The van der Waals surface area contributed by atoms with Crippen molar-refractivity contribution < 1.29 is 5.11 Å². The standard InChI is InChI=1S/C21H26BrN3O/c1-4-8-24-13-16(3)25(14-15(24)2)21(17-6-5-7-20(26)10-17)18-9-19(22)12-23-11-18/h4-7,9-12,15-16,21,26H,1,8,13-14H2,2-3H3. The van der Waals surface area contributed by atoms with Gasteiger partial charge < -0.3 is 5.11 Å². The van der Waals surface area contributed by atoms with Crippen molar-refractivity contribution in [2.45, 2.75) is 32.0 Å². The van der Waals surface area contributed by atoms with E-state index in [2.05, 4.69) is 63.3 Å². The molecule has 2 aromatic rings. The molecular weight excluding hydrogens is 390 g/mol. The van der Waals surface area contributed by atoms with Gasteiger partial charge in [0.25, 0.3) is 0 Å². The van der Waals surface area contributed by atoms with E-state index >= 15 is 0 Å². The van der Waals surface area contributed by atoms with E-state index in [-0.39, 0.29) is 6.04 Å². The van der Waals surface area contributed by atoms with Gasteiger partial charge in [0.15, 0.2) is 0 Å². The van der Waals surface area contributed by atoms with Crippen LogP contribution in [-0.4, -0.2) is 51.6 Å². The van der Waals surface area contributed by atoms with Crippen LogP contribution in [0, 0.1) is 0 Å². The highest BCUT2D eigenvalue weighted by molar-refractivity contribution is 9.10. The van der Waals surface area contributed by atoms with E-state index in [0.717, 1.165) is 35.2 Å². The van der Waals surface area contributed by atoms with Crippen molar-refractivity contribution in [3.8, 4) is 5.75 Å². The van der Waals surface area contributed by atoms with Crippen molar-refractivity contribution in [2.75, 3.05) is 19.6 Å². The highest BCUT2D eigenvalue weighted by atomic mass is 79.9. The van der Waals surface area contributed by atoms with Crippen molar-refractivity contribution in [2.24, 2.45) is 0 Å². The minimum atomic E-state index is 0.0513. The molecule has 1 N–H and O–H groups in total. The summed E-state index contributed by atoms with van der Waals surface area (Å²) in [5, 5.41) is 10.0. The normalized spacial score (nSPS) is 22.9. The van der Waals surface area contributed by atoms with Gasteiger partial charge in [-0.1, -0.05) is 18.2 Å². The molecule has 1 saturated heterocycles. The first-order valence-electron chi connectivity index (χ1n) is 8.99. The monoisotopic (exact) mass is 415 g/mol. The molecule has 0 radical (unpaired) electrons. The van der Waals surface area contributed by atoms with E-state index in [0.29, 0.717) is 17.8 Å². The number of aromatic nitrogens is 1. The summed E-state index contributed by atoms with van der Waals surface area (Å²) >= 11 is 3.55. The van der Waals surface area contributed by atoms with Crippen LogP contribution in [0.25, 0.3) is 0 Å². The number of aromatic hydroxyl groups is 1. The SMILES string of the molecule is C=CCN1CC(C)N(C(c2cccc(O)c2)c2cncc(Br)c2)CC1C. The molecule has 5 heteroatoms. The molecule has 0 aliphatic carbocycles. The van der Waals surface area contributed by atoms with E-state index in [1.807, 2.05) is 24.4 Å². The topological polar surface area (TPSA) is 39.6 Å². The third kappa shape index (κ3) is 4.17. The Kier molecular flexibility index (Phi) is 6.12. The Balaban J connectivity index is 1.99. The van der Waals surface area contributed by atoms with Gasteiger partial charge in [-0.15, -0.1) is 6.58 Å². The average Bonchev–Trinajstić information content (AvgIpc) is 2.60. The Morgan fingerprint density at radius 1 is 1.23 bits per heavy atom. The van der Waals surface area contributed by atoms with Gasteiger partial charge in [-0.2, -0.15) is 0 Å². The lowest BCUT2D eigenvalue weighted by atomic mass is 9.94. The zero-order valence-corrected chi connectivity index (χ0v) is 16.9. The maximum Gasteiger partial charge on any atom is 0.115 e. The van der Waals surface area contributed by atoms with Crippen LogP contribution in [-0.2, 0) is 0 Å². The second-order valence-corrected chi connectivity index (χ2v) is 7.99. The third-order valence-electron chi connectivity index (χ3n) is 5.09. The number of nitrogens with zero attached hydrogens (tertiary/aromatic N) is 3. The average molecular weight is 416 g/mol. The fraction of sp³-hybridized carbons (Fsp3) is 0.381. The Morgan fingerprint density at radius 3 is 2.73 bits per heavy atom. The molecule has 3 rings (SSSR count). The van der Waals surface area contributed by atoms with E-state index in [4.69, 9.17) is 0 Å². The molecule has 1 aliphatic heterocycles. The number of rotatable bonds is 5. The number of pyridine rings is 1. The Bertz CT molecular complexity index is 721. The second-order valence-electron chi connectivity index (χ2n) is 7.07. The Hall–Kier alpha value is -1.69. The van der Waals surface area contributed by atoms with Crippen LogP contribution < -0.4 is 0 Å². The highest BCUT2D eigenvalue weighted by Gasteiger charge is 2.34. The summed E-state index contributed by atoms with van der Waals surface area (Å²) in [6.07, 6.45) is 5.70. The van der Waals surface area contributed by atoms with Crippen molar-refractivity contribution in [1.29, 1.82) is 0 Å². The summed E-state index contributed by atoms with van der Waals surface area (Å²) in [6, 6.07) is 10.5. The fourth-order valence-corrected chi connectivity index (χ4v) is 4.24. The number of phenolic OH excluding ortho intramolecular Hbond substituents is 1. The fourth-order valence-electron chi connectivity index (χ4n) is 3.85. The number of phenols is 1.